The number of nitrogens with zero attached hydrogens (tertiary/aromatic N) is 2. The van der Waals surface area contributed by atoms with Crippen molar-refractivity contribution < 1.29 is 0 Å². The topological polar surface area (TPSA) is 50.7 Å². The Morgan fingerprint density at radius 2 is 1.90 bits per heavy atom. The molecule has 0 radical (unpaired) electrons. The quantitative estimate of drug-likeness (QED) is 0.532. The number of pyridine rings is 1. The lowest BCUT2D eigenvalue weighted by atomic mass is 10.2. The second-order valence-electron chi connectivity index (χ2n) is 4.17. The minimum atomic E-state index is -0.173. The smallest absolute Gasteiger partial charge is 0.273 e. The minimum absolute atomic E-state index is 0.173. The first-order chi connectivity index (χ1) is 9.63. The molecule has 2 heterocycles. The molecule has 3 rings (SSSR count). The van der Waals surface area contributed by atoms with Gasteiger partial charge in [0.2, 0.25) is 0 Å². The zero-order valence-corrected chi connectivity index (χ0v) is 13.1. The van der Waals surface area contributed by atoms with Crippen molar-refractivity contribution in [1.82, 2.24) is 14.8 Å². The van der Waals surface area contributed by atoms with Crippen LogP contribution >= 0.6 is 34.2 Å². The molecule has 6 heteroatoms. The van der Waals surface area contributed by atoms with Crippen molar-refractivity contribution in [2.24, 2.45) is 0 Å². The number of aromatic nitrogens is 3. The molecule has 0 fully saturated rings. The summed E-state index contributed by atoms with van der Waals surface area (Å²) >= 11 is 8.09. The van der Waals surface area contributed by atoms with Crippen LogP contribution in [0.1, 0.15) is 0 Å². The average molecular weight is 398 g/mol. The summed E-state index contributed by atoms with van der Waals surface area (Å²) in [5, 5.41) is 3.39. The van der Waals surface area contributed by atoms with Crippen LogP contribution in [-0.4, -0.2) is 14.8 Å². The molecule has 4 nitrogen and oxygen atoms in total. The van der Waals surface area contributed by atoms with Crippen molar-refractivity contribution in [3.8, 4) is 17.1 Å². The van der Waals surface area contributed by atoms with Crippen LogP contribution in [-0.2, 0) is 0 Å². The molecule has 0 bridgehead atoms. The van der Waals surface area contributed by atoms with Gasteiger partial charge in [-0.15, -0.1) is 0 Å². The van der Waals surface area contributed by atoms with Crippen molar-refractivity contribution in [2.75, 3.05) is 0 Å². The van der Waals surface area contributed by atoms with E-state index in [4.69, 9.17) is 11.6 Å². The predicted molar refractivity (Wildman–Crippen MR) is 87.3 cm³/mol. The second kappa shape index (κ2) is 5.41. The van der Waals surface area contributed by atoms with Gasteiger partial charge in [0.25, 0.3) is 5.56 Å². The minimum Gasteiger partial charge on any atom is -0.289 e. The third-order valence-corrected chi connectivity index (χ3v) is 3.73. The van der Waals surface area contributed by atoms with Gasteiger partial charge in [-0.1, -0.05) is 29.8 Å². The molecule has 0 amide bonds. The number of aromatic amines is 1. The van der Waals surface area contributed by atoms with Crippen molar-refractivity contribution in [1.29, 1.82) is 0 Å². The fourth-order valence-corrected chi connectivity index (χ4v) is 2.38. The summed E-state index contributed by atoms with van der Waals surface area (Å²) in [5.41, 5.74) is 1.52. The molecule has 0 aliphatic rings. The number of hydrogen-bond donors (Lipinski definition) is 1. The highest BCUT2D eigenvalue weighted by Crippen LogP contribution is 2.18. The van der Waals surface area contributed by atoms with E-state index in [1.807, 2.05) is 24.3 Å². The Morgan fingerprint density at radius 3 is 2.60 bits per heavy atom. The van der Waals surface area contributed by atoms with Crippen molar-refractivity contribution in [3.05, 3.63) is 67.6 Å². The molecule has 100 valence electrons. The molecular weight excluding hydrogens is 389 g/mol. The van der Waals surface area contributed by atoms with E-state index in [2.05, 4.69) is 32.7 Å². The van der Waals surface area contributed by atoms with E-state index in [0.717, 1.165) is 14.8 Å². The highest BCUT2D eigenvalue weighted by atomic mass is 127. The summed E-state index contributed by atoms with van der Waals surface area (Å²) in [7, 11) is 0. The molecule has 3 aromatic rings. The van der Waals surface area contributed by atoms with Crippen LogP contribution in [0.25, 0.3) is 17.1 Å². The summed E-state index contributed by atoms with van der Waals surface area (Å²) in [6, 6.07) is 14.6. The molecule has 0 aliphatic heterocycles. The summed E-state index contributed by atoms with van der Waals surface area (Å²) in [5.74, 6) is 0.472. The number of nitrogens with one attached hydrogen (secondary N) is 1. The molecule has 1 aromatic carbocycles. The predicted octanol–water partition coefficient (Wildman–Crippen LogP) is 3.49. The lowest BCUT2D eigenvalue weighted by Crippen LogP contribution is -2.14. The van der Waals surface area contributed by atoms with Crippen LogP contribution in [0.2, 0.25) is 5.15 Å². The molecule has 0 atom stereocenters. The molecule has 0 saturated heterocycles. The van der Waals surface area contributed by atoms with Crippen LogP contribution in [0.15, 0.2) is 53.3 Å². The molecule has 2 aromatic heterocycles. The van der Waals surface area contributed by atoms with Gasteiger partial charge in [-0.3, -0.25) is 9.89 Å². The summed E-state index contributed by atoms with van der Waals surface area (Å²) in [4.78, 5) is 16.2. The normalized spacial score (nSPS) is 10.7. The monoisotopic (exact) mass is 397 g/mol. The zero-order valence-electron chi connectivity index (χ0n) is 10.2. The fourth-order valence-electron chi connectivity index (χ4n) is 1.87. The van der Waals surface area contributed by atoms with Crippen LogP contribution in [0.4, 0.5) is 0 Å². The first-order valence-corrected chi connectivity index (χ1v) is 7.30. The van der Waals surface area contributed by atoms with Crippen LogP contribution in [0.3, 0.4) is 0 Å². The molecule has 0 spiro atoms. The molecule has 0 saturated carbocycles. The average Bonchev–Trinajstić information content (AvgIpc) is 2.82. The Labute approximate surface area is 133 Å². The van der Waals surface area contributed by atoms with E-state index >= 15 is 0 Å². The summed E-state index contributed by atoms with van der Waals surface area (Å²) in [6.07, 6.45) is 0. The second-order valence-corrected chi connectivity index (χ2v) is 5.80. The molecule has 20 heavy (non-hydrogen) atoms. The molecule has 0 unspecified atom stereocenters. The van der Waals surface area contributed by atoms with E-state index in [-0.39, 0.29) is 5.56 Å². The van der Waals surface area contributed by atoms with Gasteiger partial charge in [-0.25, -0.2) is 9.67 Å². The van der Waals surface area contributed by atoms with Gasteiger partial charge in [0, 0.05) is 9.64 Å². The van der Waals surface area contributed by atoms with Gasteiger partial charge in [0.1, 0.15) is 5.15 Å². The van der Waals surface area contributed by atoms with Crippen LogP contribution in [0.5, 0.6) is 0 Å². The Morgan fingerprint density at radius 1 is 1.15 bits per heavy atom. The Kier molecular flexibility index (Phi) is 3.62. The molecule has 0 aliphatic carbocycles. The maximum Gasteiger partial charge on any atom is 0.273 e. The maximum atomic E-state index is 12.0. The van der Waals surface area contributed by atoms with Gasteiger partial charge in [-0.2, -0.15) is 0 Å². The molecule has 1 N–H and O–H groups in total. The Balaban J connectivity index is 2.07. The van der Waals surface area contributed by atoms with Gasteiger partial charge in [0.05, 0.1) is 5.69 Å². The summed E-state index contributed by atoms with van der Waals surface area (Å²) < 4.78 is 2.52. The standard InChI is InChI=1S/C14H9ClIN3O/c15-12-2-1-3-13(17-12)19-14(20)8-11(18-19)9-4-6-10(16)7-5-9/h1-8,18H. The van der Waals surface area contributed by atoms with E-state index in [1.54, 1.807) is 24.3 Å². The first kappa shape index (κ1) is 13.4. The summed E-state index contributed by atoms with van der Waals surface area (Å²) in [6.45, 7) is 0. The number of rotatable bonds is 2. The highest BCUT2D eigenvalue weighted by Gasteiger charge is 2.08. The lowest BCUT2D eigenvalue weighted by molar-refractivity contribution is 0.822. The van der Waals surface area contributed by atoms with Gasteiger partial charge >= 0.3 is 0 Å². The number of benzene rings is 1. The molecular formula is C14H9ClIN3O. The van der Waals surface area contributed by atoms with Gasteiger partial charge < -0.3 is 0 Å². The van der Waals surface area contributed by atoms with Gasteiger partial charge in [0.15, 0.2) is 5.82 Å². The Bertz CT molecular complexity index is 808. The zero-order chi connectivity index (χ0) is 14.1. The van der Waals surface area contributed by atoms with Crippen molar-refractivity contribution in [2.45, 2.75) is 0 Å². The fraction of sp³-hybridized carbons (Fsp3) is 0. The number of hydrogen-bond acceptors (Lipinski definition) is 2. The maximum absolute atomic E-state index is 12.0. The van der Waals surface area contributed by atoms with Crippen molar-refractivity contribution >= 4 is 34.2 Å². The largest absolute Gasteiger partial charge is 0.289 e. The first-order valence-electron chi connectivity index (χ1n) is 5.84. The van der Waals surface area contributed by atoms with Gasteiger partial charge in [-0.05, 0) is 52.4 Å². The third-order valence-electron chi connectivity index (χ3n) is 2.81. The van der Waals surface area contributed by atoms with Crippen LogP contribution < -0.4 is 5.56 Å². The van der Waals surface area contributed by atoms with E-state index < -0.39 is 0 Å². The number of halogens is 2. The van der Waals surface area contributed by atoms with E-state index in [0.29, 0.717) is 11.0 Å². The SMILES string of the molecule is O=c1cc(-c2ccc(I)cc2)[nH]n1-c1cccc(Cl)n1. The van der Waals surface area contributed by atoms with Crippen molar-refractivity contribution in [3.63, 3.8) is 0 Å². The highest BCUT2D eigenvalue weighted by molar-refractivity contribution is 14.1. The number of H-pyrrole nitrogens is 1. The lowest BCUT2D eigenvalue weighted by Gasteiger charge is -2.02. The third kappa shape index (κ3) is 2.64. The Hall–Kier alpha value is -1.60. The van der Waals surface area contributed by atoms with Crippen LogP contribution in [0, 0.1) is 3.57 Å². The van der Waals surface area contributed by atoms with E-state index in [9.17, 15) is 4.79 Å². The van der Waals surface area contributed by atoms with E-state index in [1.165, 1.54) is 4.68 Å².